The van der Waals surface area contributed by atoms with Crippen LogP contribution in [-0.2, 0) is 11.0 Å². The highest BCUT2D eigenvalue weighted by Gasteiger charge is 2.35. The highest BCUT2D eigenvalue weighted by molar-refractivity contribution is 8.18. The first-order valence-corrected chi connectivity index (χ1v) is 11.7. The Kier molecular flexibility index (Phi) is 6.80. The maximum Gasteiger partial charge on any atom is 0.416 e. The van der Waals surface area contributed by atoms with Gasteiger partial charge in [0.25, 0.3) is 11.1 Å². The summed E-state index contributed by atoms with van der Waals surface area (Å²) in [4.78, 5) is 26.7. The second-order valence-corrected chi connectivity index (χ2v) is 9.20. The molecule has 1 aliphatic rings. The molecule has 0 saturated carbocycles. The first-order chi connectivity index (χ1) is 16.5. The second kappa shape index (κ2) is 9.65. The van der Waals surface area contributed by atoms with E-state index in [2.05, 4.69) is 0 Å². The van der Waals surface area contributed by atoms with Crippen molar-refractivity contribution in [1.82, 2.24) is 9.47 Å². The lowest BCUT2D eigenvalue weighted by atomic mass is 10.2. The van der Waals surface area contributed by atoms with E-state index in [4.69, 9.17) is 4.74 Å². The third-order valence-corrected chi connectivity index (χ3v) is 6.57. The molecular weight excluding hydrogens is 477 g/mol. The number of imide groups is 1. The van der Waals surface area contributed by atoms with Gasteiger partial charge in [0, 0.05) is 17.1 Å². The number of rotatable bonds is 6. The molecule has 0 unspecified atom stereocenters. The molecule has 2 amide bonds. The fourth-order valence-corrected chi connectivity index (χ4v) is 4.73. The van der Waals surface area contributed by atoms with Crippen molar-refractivity contribution in [2.24, 2.45) is 0 Å². The first-order valence-electron chi connectivity index (χ1n) is 10.9. The lowest BCUT2D eigenvalue weighted by molar-refractivity contribution is -0.137. The van der Waals surface area contributed by atoms with Gasteiger partial charge < -0.3 is 9.30 Å². The molecule has 4 rings (SSSR count). The van der Waals surface area contributed by atoms with Crippen LogP contribution < -0.4 is 4.74 Å². The van der Waals surface area contributed by atoms with E-state index in [0.29, 0.717) is 28.4 Å². The van der Waals surface area contributed by atoms with Gasteiger partial charge in [0.1, 0.15) is 12.4 Å². The van der Waals surface area contributed by atoms with E-state index in [-0.39, 0.29) is 23.3 Å². The Morgan fingerprint density at radius 3 is 2.40 bits per heavy atom. The molecule has 1 saturated heterocycles. The fourth-order valence-electron chi connectivity index (χ4n) is 3.88. The van der Waals surface area contributed by atoms with Crippen LogP contribution in [0.15, 0.2) is 59.5 Å². The van der Waals surface area contributed by atoms with Crippen molar-refractivity contribution in [3.8, 4) is 11.4 Å². The van der Waals surface area contributed by atoms with E-state index in [0.717, 1.165) is 34.4 Å². The number of carbonyl (C=O) groups excluding carboxylic acids is 2. The second-order valence-electron chi connectivity index (χ2n) is 8.20. The van der Waals surface area contributed by atoms with Crippen LogP contribution in [0.5, 0.6) is 5.75 Å². The molecule has 5 nitrogen and oxygen atoms in total. The highest BCUT2D eigenvalue weighted by Crippen LogP contribution is 2.35. The molecule has 0 spiro atoms. The van der Waals surface area contributed by atoms with Crippen LogP contribution >= 0.6 is 11.8 Å². The molecule has 0 radical (unpaired) electrons. The van der Waals surface area contributed by atoms with E-state index in [1.54, 1.807) is 36.6 Å². The molecule has 1 fully saturated rings. The van der Waals surface area contributed by atoms with Crippen LogP contribution in [0, 0.1) is 20.8 Å². The third kappa shape index (κ3) is 5.30. The number of nitrogens with zero attached hydrogens (tertiary/aromatic N) is 2. The van der Waals surface area contributed by atoms with Gasteiger partial charge in [-0.15, -0.1) is 0 Å². The molecule has 1 aliphatic heterocycles. The Balaban J connectivity index is 1.51. The van der Waals surface area contributed by atoms with E-state index in [1.807, 2.05) is 31.2 Å². The summed E-state index contributed by atoms with van der Waals surface area (Å²) in [5, 5.41) is -0.388. The van der Waals surface area contributed by atoms with Crippen molar-refractivity contribution in [3.05, 3.63) is 87.6 Å². The fraction of sp³-hybridized carbons (Fsp3) is 0.231. The largest absolute Gasteiger partial charge is 0.492 e. The van der Waals surface area contributed by atoms with Gasteiger partial charge in [-0.3, -0.25) is 14.5 Å². The van der Waals surface area contributed by atoms with E-state index < -0.39 is 17.6 Å². The number of aryl methyl sites for hydroxylation is 2. The minimum atomic E-state index is -4.45. The van der Waals surface area contributed by atoms with Crippen molar-refractivity contribution in [2.45, 2.75) is 26.9 Å². The van der Waals surface area contributed by atoms with Gasteiger partial charge in [-0.2, -0.15) is 13.2 Å². The molecule has 9 heteroatoms. The molecule has 3 aromatic rings. The van der Waals surface area contributed by atoms with Gasteiger partial charge in [0.15, 0.2) is 0 Å². The number of thioether (sulfide) groups is 1. The van der Waals surface area contributed by atoms with Gasteiger partial charge in [0.05, 0.1) is 17.0 Å². The van der Waals surface area contributed by atoms with Crippen LogP contribution in [0.2, 0.25) is 0 Å². The number of hydrogen-bond acceptors (Lipinski definition) is 4. The zero-order valence-electron chi connectivity index (χ0n) is 19.3. The predicted molar refractivity (Wildman–Crippen MR) is 130 cm³/mol. The number of alkyl halides is 3. The summed E-state index contributed by atoms with van der Waals surface area (Å²) in [6, 6.07) is 14.3. The lowest BCUT2D eigenvalue weighted by Gasteiger charge is -2.13. The van der Waals surface area contributed by atoms with Crippen LogP contribution in [0.3, 0.4) is 0 Å². The normalized spacial score (nSPS) is 15.4. The summed E-state index contributed by atoms with van der Waals surface area (Å²) in [6.07, 6.45) is -2.84. The SMILES string of the molecule is Cc1ccc(OCCN2C(=O)S/C(=C\c3cc(C)n(-c4cccc(C(F)(F)F)c4)c3C)C2=O)cc1. The molecule has 0 aliphatic carbocycles. The Bertz CT molecular complexity index is 1310. The minimum Gasteiger partial charge on any atom is -0.492 e. The first kappa shape index (κ1) is 24.7. The molecule has 2 heterocycles. The molecule has 1 aromatic heterocycles. The van der Waals surface area contributed by atoms with E-state index >= 15 is 0 Å². The topological polar surface area (TPSA) is 51.5 Å². The number of benzene rings is 2. The Hall–Kier alpha value is -3.46. The van der Waals surface area contributed by atoms with E-state index in [9.17, 15) is 22.8 Å². The zero-order chi connectivity index (χ0) is 25.3. The van der Waals surface area contributed by atoms with Crippen molar-refractivity contribution in [1.29, 1.82) is 0 Å². The quantitative estimate of drug-likeness (QED) is 0.361. The molecule has 182 valence electrons. The van der Waals surface area contributed by atoms with Crippen LogP contribution in [-0.4, -0.2) is 33.8 Å². The number of aromatic nitrogens is 1. The lowest BCUT2D eigenvalue weighted by Crippen LogP contribution is -2.32. The van der Waals surface area contributed by atoms with Crippen molar-refractivity contribution >= 4 is 29.0 Å². The maximum atomic E-state index is 13.2. The van der Waals surface area contributed by atoms with Gasteiger partial charge in [-0.1, -0.05) is 23.8 Å². The van der Waals surface area contributed by atoms with Crippen molar-refractivity contribution in [2.75, 3.05) is 13.2 Å². The number of ether oxygens (including phenoxy) is 1. The van der Waals surface area contributed by atoms with Crippen LogP contribution in [0.4, 0.5) is 18.0 Å². The summed E-state index contributed by atoms with van der Waals surface area (Å²) in [5.41, 5.74) is 2.76. The van der Waals surface area contributed by atoms with E-state index in [1.165, 1.54) is 6.07 Å². The molecule has 2 aromatic carbocycles. The van der Waals surface area contributed by atoms with Gasteiger partial charge in [0.2, 0.25) is 0 Å². The molecule has 0 N–H and O–H groups in total. The predicted octanol–water partition coefficient (Wildman–Crippen LogP) is 6.54. The van der Waals surface area contributed by atoms with Gasteiger partial charge >= 0.3 is 6.18 Å². The summed E-state index contributed by atoms with van der Waals surface area (Å²) < 4.78 is 46.9. The summed E-state index contributed by atoms with van der Waals surface area (Å²) >= 11 is 0.835. The summed E-state index contributed by atoms with van der Waals surface area (Å²) in [5.74, 6) is 0.233. The number of hydrogen-bond donors (Lipinski definition) is 0. The average Bonchev–Trinajstić information content (AvgIpc) is 3.23. The molecule has 0 atom stereocenters. The maximum absolute atomic E-state index is 13.2. The van der Waals surface area contributed by atoms with Crippen LogP contribution in [0.1, 0.15) is 28.1 Å². The Labute approximate surface area is 205 Å². The molecule has 0 bridgehead atoms. The highest BCUT2D eigenvalue weighted by atomic mass is 32.2. The third-order valence-electron chi connectivity index (χ3n) is 5.67. The number of carbonyl (C=O) groups is 2. The van der Waals surface area contributed by atoms with Crippen molar-refractivity contribution < 1.29 is 27.5 Å². The zero-order valence-corrected chi connectivity index (χ0v) is 20.2. The molecular formula is C26H23F3N2O3S. The summed E-state index contributed by atoms with van der Waals surface area (Å²) in [6.45, 7) is 5.78. The van der Waals surface area contributed by atoms with Crippen LogP contribution in [0.25, 0.3) is 11.8 Å². The van der Waals surface area contributed by atoms with Crippen molar-refractivity contribution in [3.63, 3.8) is 0 Å². The Morgan fingerprint density at radius 2 is 1.71 bits per heavy atom. The number of amides is 2. The number of halogens is 3. The van der Waals surface area contributed by atoms with Gasteiger partial charge in [-0.25, -0.2) is 0 Å². The minimum absolute atomic E-state index is 0.110. The standard InChI is InChI=1S/C26H23F3N2O3S/c1-16-7-9-22(10-8-16)34-12-11-30-24(32)23(35-25(30)33)14-19-13-17(2)31(18(19)3)21-6-4-5-20(15-21)26(27,28)29/h4-10,13-15H,11-12H2,1-3H3/b23-14-. The smallest absolute Gasteiger partial charge is 0.416 e. The van der Waals surface area contributed by atoms with Gasteiger partial charge in [-0.05, 0) is 80.6 Å². The molecule has 35 heavy (non-hydrogen) atoms. The summed E-state index contributed by atoms with van der Waals surface area (Å²) in [7, 11) is 0. The average molecular weight is 501 g/mol. The monoisotopic (exact) mass is 500 g/mol. The Morgan fingerprint density at radius 1 is 1.00 bits per heavy atom.